The minimum atomic E-state index is -0.336. The molecule has 29 heavy (non-hydrogen) atoms. The van der Waals surface area contributed by atoms with Gasteiger partial charge in [-0.2, -0.15) is 4.99 Å². The van der Waals surface area contributed by atoms with Crippen LogP contribution in [0.3, 0.4) is 0 Å². The van der Waals surface area contributed by atoms with Gasteiger partial charge in [-0.25, -0.2) is 4.99 Å². The molecule has 1 aromatic carbocycles. The van der Waals surface area contributed by atoms with Crippen LogP contribution in [0.4, 0.5) is 5.69 Å². The predicted molar refractivity (Wildman–Crippen MR) is 124 cm³/mol. The monoisotopic (exact) mass is 398 g/mol. The number of piperazine rings is 1. The summed E-state index contributed by atoms with van der Waals surface area (Å²) in [6, 6.07) is 10.6. The molecule has 1 fully saturated rings. The summed E-state index contributed by atoms with van der Waals surface area (Å²) in [4.78, 5) is 14.4. The van der Waals surface area contributed by atoms with Gasteiger partial charge in [-0.15, -0.1) is 0 Å². The molecular formula is C23H38N6. The van der Waals surface area contributed by atoms with E-state index in [1.165, 1.54) is 44.2 Å². The Morgan fingerprint density at radius 3 is 2.31 bits per heavy atom. The van der Waals surface area contributed by atoms with Crippen LogP contribution in [0, 0.1) is 0 Å². The van der Waals surface area contributed by atoms with Gasteiger partial charge in [0.2, 0.25) is 11.9 Å². The topological polar surface area (TPSA) is 55.3 Å². The highest BCUT2D eigenvalue weighted by molar-refractivity contribution is 5.97. The number of guanidine groups is 2. The van der Waals surface area contributed by atoms with Gasteiger partial charge in [-0.1, -0.05) is 57.2 Å². The van der Waals surface area contributed by atoms with Crippen LogP contribution in [0.15, 0.2) is 40.3 Å². The molecule has 2 heterocycles. The number of nitrogens with one attached hydrogen (secondary N) is 2. The van der Waals surface area contributed by atoms with Crippen molar-refractivity contribution in [3.63, 3.8) is 0 Å². The van der Waals surface area contributed by atoms with E-state index in [9.17, 15) is 0 Å². The molecule has 0 spiro atoms. The predicted octanol–water partition coefficient (Wildman–Crippen LogP) is 3.81. The van der Waals surface area contributed by atoms with E-state index < -0.39 is 0 Å². The fraction of sp³-hybridized carbons (Fsp3) is 0.652. The summed E-state index contributed by atoms with van der Waals surface area (Å²) >= 11 is 0. The zero-order valence-corrected chi connectivity index (χ0v) is 18.5. The first kappa shape index (κ1) is 21.5. The Balaban J connectivity index is 1.49. The lowest BCUT2D eigenvalue weighted by atomic mass is 10.1. The van der Waals surface area contributed by atoms with Crippen LogP contribution in [0.2, 0.25) is 0 Å². The molecule has 1 saturated heterocycles. The van der Waals surface area contributed by atoms with Crippen molar-refractivity contribution in [2.24, 2.45) is 9.98 Å². The molecule has 0 radical (unpaired) electrons. The van der Waals surface area contributed by atoms with Crippen LogP contribution in [-0.4, -0.2) is 55.2 Å². The minimum absolute atomic E-state index is 0.336. The summed E-state index contributed by atoms with van der Waals surface area (Å²) in [6.07, 6.45) is 7.82. The van der Waals surface area contributed by atoms with E-state index in [0.717, 1.165) is 44.6 Å². The quantitative estimate of drug-likeness (QED) is 0.654. The normalized spacial score (nSPS) is 18.7. The van der Waals surface area contributed by atoms with Gasteiger partial charge in [0.25, 0.3) is 0 Å². The lowest BCUT2D eigenvalue weighted by Gasteiger charge is -2.39. The number of hydrogen-bond donors (Lipinski definition) is 2. The fourth-order valence-corrected chi connectivity index (χ4v) is 3.86. The average molecular weight is 399 g/mol. The summed E-state index contributed by atoms with van der Waals surface area (Å²) in [6.45, 7) is 11.3. The third kappa shape index (κ3) is 6.65. The van der Waals surface area contributed by atoms with Crippen LogP contribution in [0.5, 0.6) is 0 Å². The third-order valence-electron chi connectivity index (χ3n) is 5.52. The number of anilines is 1. The first-order valence-electron chi connectivity index (χ1n) is 11.3. The number of benzene rings is 1. The molecule has 0 aromatic heterocycles. The lowest BCUT2D eigenvalue weighted by Crippen LogP contribution is -2.56. The molecule has 0 amide bonds. The lowest BCUT2D eigenvalue weighted by molar-refractivity contribution is 0.365. The minimum Gasteiger partial charge on any atom is -0.368 e. The van der Waals surface area contributed by atoms with E-state index in [1.807, 2.05) is 0 Å². The molecule has 6 heteroatoms. The van der Waals surface area contributed by atoms with E-state index in [0.29, 0.717) is 0 Å². The van der Waals surface area contributed by atoms with Crippen LogP contribution in [-0.2, 0) is 0 Å². The van der Waals surface area contributed by atoms with Gasteiger partial charge in [0.1, 0.15) is 5.66 Å². The number of rotatable bonds is 8. The van der Waals surface area contributed by atoms with Gasteiger partial charge in [-0.05, 0) is 32.4 Å². The Bertz CT molecular complexity index is 674. The molecule has 0 unspecified atom stereocenters. The van der Waals surface area contributed by atoms with E-state index in [2.05, 4.69) is 71.5 Å². The Morgan fingerprint density at radius 1 is 0.931 bits per heavy atom. The maximum atomic E-state index is 4.85. The van der Waals surface area contributed by atoms with Crippen molar-refractivity contribution in [2.45, 2.75) is 65.0 Å². The highest BCUT2D eigenvalue weighted by Gasteiger charge is 2.28. The van der Waals surface area contributed by atoms with E-state index in [4.69, 9.17) is 9.98 Å². The Kier molecular flexibility index (Phi) is 7.78. The van der Waals surface area contributed by atoms with Crippen LogP contribution >= 0.6 is 0 Å². The third-order valence-corrected chi connectivity index (χ3v) is 5.52. The Hall–Kier alpha value is -2.24. The summed E-state index contributed by atoms with van der Waals surface area (Å²) < 4.78 is 0. The van der Waals surface area contributed by atoms with Crippen molar-refractivity contribution in [1.82, 2.24) is 15.5 Å². The first-order chi connectivity index (χ1) is 14.1. The molecule has 160 valence electrons. The number of aliphatic imine (C=N–C) groups is 2. The maximum Gasteiger partial charge on any atom is 0.226 e. The highest BCUT2D eigenvalue weighted by Crippen LogP contribution is 2.18. The number of para-hydroxylation sites is 1. The molecule has 2 aliphatic heterocycles. The molecule has 2 aliphatic rings. The van der Waals surface area contributed by atoms with Gasteiger partial charge in [0.05, 0.1) is 0 Å². The summed E-state index contributed by atoms with van der Waals surface area (Å²) in [7, 11) is 0. The van der Waals surface area contributed by atoms with E-state index >= 15 is 0 Å². The second kappa shape index (κ2) is 10.5. The van der Waals surface area contributed by atoms with Crippen molar-refractivity contribution in [3.05, 3.63) is 30.3 Å². The van der Waals surface area contributed by atoms with Crippen LogP contribution in [0.25, 0.3) is 0 Å². The smallest absolute Gasteiger partial charge is 0.226 e. The van der Waals surface area contributed by atoms with Gasteiger partial charge in [0.15, 0.2) is 0 Å². The molecule has 6 nitrogen and oxygen atoms in total. The zero-order chi connectivity index (χ0) is 20.5. The first-order valence-corrected chi connectivity index (χ1v) is 11.3. The molecule has 0 aliphatic carbocycles. The number of nitrogens with zero attached hydrogens (tertiary/aromatic N) is 4. The Labute approximate surface area is 176 Å². The summed E-state index contributed by atoms with van der Waals surface area (Å²) in [5, 5.41) is 6.91. The highest BCUT2D eigenvalue weighted by atomic mass is 15.4. The van der Waals surface area contributed by atoms with Gasteiger partial charge < -0.3 is 20.4 Å². The Morgan fingerprint density at radius 2 is 1.59 bits per heavy atom. The summed E-state index contributed by atoms with van der Waals surface area (Å²) in [5.74, 6) is 1.71. The van der Waals surface area contributed by atoms with Crippen LogP contribution < -0.4 is 15.5 Å². The maximum absolute atomic E-state index is 4.85. The molecular weight excluding hydrogens is 360 g/mol. The fourth-order valence-electron chi connectivity index (χ4n) is 3.86. The molecule has 2 N–H and O–H groups in total. The standard InChI is InChI=1S/C23H38N6/c1-4-5-6-7-8-12-15-24-21-25-22(27-23(2,3)26-21)29-18-16-28(17-19-29)20-13-10-9-11-14-20/h9-11,13-14H,4-8,12,15-19H2,1-3H3,(H2,24,25,26,27). The average Bonchev–Trinajstić information content (AvgIpc) is 2.73. The van der Waals surface area contributed by atoms with Crippen LogP contribution in [0.1, 0.15) is 59.3 Å². The summed E-state index contributed by atoms with van der Waals surface area (Å²) in [5.41, 5.74) is 0.960. The molecule has 0 saturated carbocycles. The SMILES string of the molecule is CCCCCCCCNC1=NC(N2CCN(c3ccccc3)CC2)=NC(C)(C)N1. The van der Waals surface area contributed by atoms with Gasteiger partial charge in [0, 0.05) is 38.4 Å². The van der Waals surface area contributed by atoms with Gasteiger partial charge in [-0.3, -0.25) is 0 Å². The van der Waals surface area contributed by atoms with Crippen molar-refractivity contribution in [3.8, 4) is 0 Å². The van der Waals surface area contributed by atoms with E-state index in [-0.39, 0.29) is 5.66 Å². The second-order valence-corrected chi connectivity index (χ2v) is 8.56. The van der Waals surface area contributed by atoms with Crippen molar-refractivity contribution < 1.29 is 0 Å². The molecule has 3 rings (SSSR count). The number of unbranched alkanes of at least 4 members (excludes halogenated alkanes) is 5. The van der Waals surface area contributed by atoms with Crippen molar-refractivity contribution in [2.75, 3.05) is 37.6 Å². The molecule has 1 aromatic rings. The van der Waals surface area contributed by atoms with Gasteiger partial charge >= 0.3 is 0 Å². The zero-order valence-electron chi connectivity index (χ0n) is 18.5. The largest absolute Gasteiger partial charge is 0.368 e. The second-order valence-electron chi connectivity index (χ2n) is 8.56. The molecule has 0 bridgehead atoms. The number of hydrogen-bond acceptors (Lipinski definition) is 6. The molecule has 0 atom stereocenters. The van der Waals surface area contributed by atoms with E-state index in [1.54, 1.807) is 0 Å². The van der Waals surface area contributed by atoms with Crippen molar-refractivity contribution >= 4 is 17.6 Å². The van der Waals surface area contributed by atoms with Crippen molar-refractivity contribution in [1.29, 1.82) is 0 Å².